The highest BCUT2D eigenvalue weighted by molar-refractivity contribution is 7.07. The lowest BCUT2D eigenvalue weighted by atomic mass is 10.0. The van der Waals surface area contributed by atoms with Gasteiger partial charge in [-0.15, -0.1) is 0 Å². The zero-order chi connectivity index (χ0) is 12.0. The second-order valence-electron chi connectivity index (χ2n) is 4.65. The Labute approximate surface area is 103 Å². The van der Waals surface area contributed by atoms with Crippen LogP contribution in [0.5, 0.6) is 0 Å². The van der Waals surface area contributed by atoms with Gasteiger partial charge in [-0.3, -0.25) is 4.90 Å². The molecule has 1 unspecified atom stereocenters. The van der Waals surface area contributed by atoms with Crippen LogP contribution in [-0.4, -0.2) is 23.7 Å². The summed E-state index contributed by atoms with van der Waals surface area (Å²) in [6.45, 7) is 8.75. The molecule has 1 rings (SSSR count). The SMILES string of the molecule is CCCN(CCC)C(C)(N)Cc1ccsc1. The molecule has 0 aliphatic rings. The van der Waals surface area contributed by atoms with E-state index in [1.807, 2.05) is 0 Å². The number of rotatable bonds is 7. The predicted molar refractivity (Wildman–Crippen MR) is 72.8 cm³/mol. The fourth-order valence-corrected chi connectivity index (χ4v) is 2.75. The number of nitrogens with two attached hydrogens (primary N) is 1. The van der Waals surface area contributed by atoms with E-state index >= 15 is 0 Å². The standard InChI is InChI=1S/C13H24N2S/c1-4-7-15(8-5-2)13(3,14)10-12-6-9-16-11-12/h6,9,11H,4-5,7-8,10,14H2,1-3H3. The van der Waals surface area contributed by atoms with Crippen molar-refractivity contribution in [3.8, 4) is 0 Å². The molecule has 1 aromatic rings. The van der Waals surface area contributed by atoms with E-state index in [0.717, 1.165) is 32.4 Å². The predicted octanol–water partition coefficient (Wildman–Crippen LogP) is 3.09. The molecule has 0 saturated heterocycles. The van der Waals surface area contributed by atoms with Crippen molar-refractivity contribution in [1.82, 2.24) is 4.90 Å². The van der Waals surface area contributed by atoms with Crippen molar-refractivity contribution < 1.29 is 0 Å². The molecule has 0 aliphatic heterocycles. The maximum Gasteiger partial charge on any atom is 0.0699 e. The summed E-state index contributed by atoms with van der Waals surface area (Å²) in [5.41, 5.74) is 7.59. The van der Waals surface area contributed by atoms with E-state index in [-0.39, 0.29) is 5.66 Å². The Morgan fingerprint density at radius 2 is 1.94 bits per heavy atom. The Kier molecular flexibility index (Phi) is 5.46. The summed E-state index contributed by atoms with van der Waals surface area (Å²) in [6.07, 6.45) is 3.27. The number of thiophene rings is 1. The van der Waals surface area contributed by atoms with Crippen LogP contribution in [-0.2, 0) is 6.42 Å². The molecule has 1 aromatic heterocycles. The minimum Gasteiger partial charge on any atom is -0.313 e. The van der Waals surface area contributed by atoms with Crippen LogP contribution in [0.25, 0.3) is 0 Å². The molecule has 1 atom stereocenters. The van der Waals surface area contributed by atoms with E-state index in [1.165, 1.54) is 5.56 Å². The van der Waals surface area contributed by atoms with Gasteiger partial charge in [-0.2, -0.15) is 11.3 Å². The van der Waals surface area contributed by atoms with Gasteiger partial charge in [-0.1, -0.05) is 13.8 Å². The second kappa shape index (κ2) is 6.38. The molecule has 2 nitrogen and oxygen atoms in total. The lowest BCUT2D eigenvalue weighted by Crippen LogP contribution is -2.55. The highest BCUT2D eigenvalue weighted by Crippen LogP contribution is 2.18. The van der Waals surface area contributed by atoms with E-state index in [0.29, 0.717) is 0 Å². The van der Waals surface area contributed by atoms with E-state index in [1.54, 1.807) is 11.3 Å². The fraction of sp³-hybridized carbons (Fsp3) is 0.692. The van der Waals surface area contributed by atoms with Gasteiger partial charge < -0.3 is 5.73 Å². The summed E-state index contributed by atoms with van der Waals surface area (Å²) in [5, 5.41) is 4.32. The third-order valence-corrected chi connectivity index (χ3v) is 3.58. The molecule has 0 bridgehead atoms. The van der Waals surface area contributed by atoms with Gasteiger partial charge in [0.1, 0.15) is 0 Å². The molecular weight excluding hydrogens is 216 g/mol. The Bertz CT molecular complexity index is 274. The van der Waals surface area contributed by atoms with Crippen molar-refractivity contribution in [3.05, 3.63) is 22.4 Å². The van der Waals surface area contributed by atoms with Crippen LogP contribution in [0.15, 0.2) is 16.8 Å². The second-order valence-corrected chi connectivity index (χ2v) is 5.43. The quantitative estimate of drug-likeness (QED) is 0.742. The van der Waals surface area contributed by atoms with Crippen LogP contribution < -0.4 is 5.73 Å². The summed E-state index contributed by atoms with van der Waals surface area (Å²) >= 11 is 1.74. The average Bonchev–Trinajstić information content (AvgIpc) is 2.69. The summed E-state index contributed by atoms with van der Waals surface area (Å²) in [4.78, 5) is 2.41. The zero-order valence-electron chi connectivity index (χ0n) is 10.7. The van der Waals surface area contributed by atoms with Gasteiger partial charge in [0, 0.05) is 6.42 Å². The first kappa shape index (κ1) is 13.7. The molecule has 3 heteroatoms. The van der Waals surface area contributed by atoms with Crippen LogP contribution in [0.1, 0.15) is 39.2 Å². The molecule has 0 radical (unpaired) electrons. The topological polar surface area (TPSA) is 29.3 Å². The maximum absolute atomic E-state index is 6.45. The third-order valence-electron chi connectivity index (χ3n) is 2.85. The molecule has 0 saturated carbocycles. The van der Waals surface area contributed by atoms with Crippen molar-refractivity contribution >= 4 is 11.3 Å². The molecule has 0 fully saturated rings. The van der Waals surface area contributed by atoms with Gasteiger partial charge in [0.25, 0.3) is 0 Å². The van der Waals surface area contributed by atoms with Crippen molar-refractivity contribution in [2.75, 3.05) is 13.1 Å². The highest BCUT2D eigenvalue weighted by Gasteiger charge is 2.26. The van der Waals surface area contributed by atoms with E-state index < -0.39 is 0 Å². The van der Waals surface area contributed by atoms with Crippen molar-refractivity contribution in [1.29, 1.82) is 0 Å². The highest BCUT2D eigenvalue weighted by atomic mass is 32.1. The van der Waals surface area contributed by atoms with E-state index in [9.17, 15) is 0 Å². The summed E-state index contributed by atoms with van der Waals surface area (Å²) in [7, 11) is 0. The van der Waals surface area contributed by atoms with Gasteiger partial charge in [-0.25, -0.2) is 0 Å². The molecule has 1 heterocycles. The Morgan fingerprint density at radius 1 is 1.31 bits per heavy atom. The zero-order valence-corrected chi connectivity index (χ0v) is 11.5. The van der Waals surface area contributed by atoms with Gasteiger partial charge in [0.05, 0.1) is 5.66 Å². The fourth-order valence-electron chi connectivity index (χ4n) is 2.08. The number of hydrogen-bond donors (Lipinski definition) is 1. The van der Waals surface area contributed by atoms with Crippen LogP contribution >= 0.6 is 11.3 Å². The van der Waals surface area contributed by atoms with Gasteiger partial charge in [-0.05, 0) is 55.2 Å². The van der Waals surface area contributed by atoms with Gasteiger partial charge >= 0.3 is 0 Å². The molecule has 92 valence electrons. The largest absolute Gasteiger partial charge is 0.313 e. The van der Waals surface area contributed by atoms with Crippen molar-refractivity contribution in [3.63, 3.8) is 0 Å². The molecule has 0 aromatic carbocycles. The van der Waals surface area contributed by atoms with E-state index in [4.69, 9.17) is 5.73 Å². The molecule has 2 N–H and O–H groups in total. The normalized spacial score (nSPS) is 15.3. The molecule has 0 amide bonds. The minimum absolute atomic E-state index is 0.215. The van der Waals surface area contributed by atoms with Crippen molar-refractivity contribution in [2.45, 2.75) is 45.7 Å². The van der Waals surface area contributed by atoms with Gasteiger partial charge in [0.2, 0.25) is 0 Å². The van der Waals surface area contributed by atoms with Gasteiger partial charge in [0.15, 0.2) is 0 Å². The average molecular weight is 240 g/mol. The summed E-state index contributed by atoms with van der Waals surface area (Å²) in [5.74, 6) is 0. The molecular formula is C13H24N2S. The minimum atomic E-state index is -0.215. The monoisotopic (exact) mass is 240 g/mol. The first-order valence-corrected chi connectivity index (χ1v) is 7.09. The lowest BCUT2D eigenvalue weighted by Gasteiger charge is -2.38. The van der Waals surface area contributed by atoms with Crippen LogP contribution in [0.2, 0.25) is 0 Å². The number of nitrogens with zero attached hydrogens (tertiary/aromatic N) is 1. The lowest BCUT2D eigenvalue weighted by molar-refractivity contribution is 0.108. The first-order chi connectivity index (χ1) is 7.60. The Morgan fingerprint density at radius 3 is 2.38 bits per heavy atom. The van der Waals surface area contributed by atoms with Crippen molar-refractivity contribution in [2.24, 2.45) is 5.73 Å². The number of hydrogen-bond acceptors (Lipinski definition) is 3. The van der Waals surface area contributed by atoms with Crippen LogP contribution in [0, 0.1) is 0 Å². The third kappa shape index (κ3) is 3.89. The smallest absolute Gasteiger partial charge is 0.0699 e. The molecule has 0 spiro atoms. The van der Waals surface area contributed by atoms with E-state index in [2.05, 4.69) is 42.5 Å². The Hall–Kier alpha value is -0.380. The van der Waals surface area contributed by atoms with Crippen LogP contribution in [0.3, 0.4) is 0 Å². The summed E-state index contributed by atoms with van der Waals surface area (Å²) < 4.78 is 0. The maximum atomic E-state index is 6.45. The summed E-state index contributed by atoms with van der Waals surface area (Å²) in [6, 6.07) is 2.17. The molecule has 0 aliphatic carbocycles. The molecule has 16 heavy (non-hydrogen) atoms. The first-order valence-electron chi connectivity index (χ1n) is 6.15. The van der Waals surface area contributed by atoms with Crippen LogP contribution in [0.4, 0.5) is 0 Å². The Balaban J connectivity index is 2.64.